The smallest absolute Gasteiger partial charge is 0.386 e. The van der Waals surface area contributed by atoms with Gasteiger partial charge in [0.15, 0.2) is 0 Å². The molecule has 7 heteroatoms. The Morgan fingerprint density at radius 2 is 1.25 bits per heavy atom. The molecule has 0 N–H and O–H groups in total. The molecule has 0 saturated heterocycles. The fourth-order valence-electron chi connectivity index (χ4n) is 3.81. The molecule has 0 aliphatic carbocycles. The average Bonchev–Trinajstić information content (AvgIpc) is 2.67. The lowest BCUT2D eigenvalue weighted by molar-refractivity contribution is -0.132. The van der Waals surface area contributed by atoms with Gasteiger partial charge in [-0.15, -0.1) is 0 Å². The topological polar surface area (TPSA) is 21.7 Å². The highest BCUT2D eigenvalue weighted by Gasteiger charge is 2.47. The molecule has 0 spiro atoms. The van der Waals surface area contributed by atoms with E-state index in [-0.39, 0.29) is 6.04 Å². The Balaban J connectivity index is 5.57. The van der Waals surface area contributed by atoms with Crippen LogP contribution in [-0.2, 0) is 8.85 Å². The molecular formula is C21H44F3NO2Si. The summed E-state index contributed by atoms with van der Waals surface area (Å²) >= 11 is 0. The van der Waals surface area contributed by atoms with E-state index in [0.29, 0.717) is 11.8 Å². The van der Waals surface area contributed by atoms with Gasteiger partial charge in [0.25, 0.3) is 0 Å². The second-order valence-electron chi connectivity index (χ2n) is 7.97. The molecule has 170 valence electrons. The zero-order valence-corrected chi connectivity index (χ0v) is 20.0. The van der Waals surface area contributed by atoms with E-state index in [1.54, 1.807) is 0 Å². The maximum Gasteiger partial charge on any atom is 0.427 e. The van der Waals surface area contributed by atoms with E-state index in [1.807, 2.05) is 0 Å². The van der Waals surface area contributed by atoms with Crippen molar-refractivity contribution in [2.45, 2.75) is 97.7 Å². The molecule has 0 aromatic heterocycles. The maximum absolute atomic E-state index is 13.0. The maximum atomic E-state index is 13.0. The summed E-state index contributed by atoms with van der Waals surface area (Å²) in [5, 5.41) is 0. The quantitative estimate of drug-likeness (QED) is 0.236. The highest BCUT2D eigenvalue weighted by Crippen LogP contribution is 2.31. The highest BCUT2D eigenvalue weighted by molar-refractivity contribution is 6.64. The van der Waals surface area contributed by atoms with E-state index in [9.17, 15) is 13.2 Å². The van der Waals surface area contributed by atoms with Crippen molar-refractivity contribution in [3.8, 4) is 0 Å². The monoisotopic (exact) mass is 427 g/mol. The summed E-state index contributed by atoms with van der Waals surface area (Å²) in [7, 11) is -0.0521. The fourth-order valence-corrected chi connectivity index (χ4v) is 6.89. The average molecular weight is 428 g/mol. The van der Waals surface area contributed by atoms with Gasteiger partial charge in [0.2, 0.25) is 0 Å². The first-order chi connectivity index (χ1) is 13.2. The van der Waals surface area contributed by atoms with Crippen molar-refractivity contribution in [2.75, 3.05) is 27.3 Å². The fraction of sp³-hybridized carbons (Fsp3) is 1.00. The van der Waals surface area contributed by atoms with Gasteiger partial charge in [-0.25, -0.2) is 0 Å². The van der Waals surface area contributed by atoms with Crippen molar-refractivity contribution >= 4 is 8.72 Å². The second-order valence-corrected chi connectivity index (χ2v) is 11.3. The van der Waals surface area contributed by atoms with Gasteiger partial charge in [-0.2, -0.15) is 13.2 Å². The minimum atomic E-state index is -4.19. The Morgan fingerprint density at radius 3 is 1.54 bits per heavy atom. The Labute approximate surface area is 172 Å². The second kappa shape index (κ2) is 14.8. The van der Waals surface area contributed by atoms with Crippen molar-refractivity contribution < 1.29 is 22.0 Å². The standard InChI is InChI=1S/C21H44F3NO2Si/c1-7-11-13-19(9-3)17-25(18-20(10-4)14-12-8-2)28(26-5,27-6)16-15-21(22,23)24/h19-20H,7-18H2,1-6H3. The first-order valence-corrected chi connectivity index (χ1v) is 13.1. The number of unbranched alkanes of at least 4 members (excludes halogenated alkanes) is 2. The van der Waals surface area contributed by atoms with E-state index in [1.165, 1.54) is 14.2 Å². The minimum Gasteiger partial charge on any atom is -0.386 e. The van der Waals surface area contributed by atoms with E-state index in [0.717, 1.165) is 64.5 Å². The molecule has 0 radical (unpaired) electrons. The van der Waals surface area contributed by atoms with Crippen LogP contribution in [0.25, 0.3) is 0 Å². The molecule has 0 aromatic rings. The molecule has 0 amide bonds. The van der Waals surface area contributed by atoms with Crippen LogP contribution in [0.4, 0.5) is 13.2 Å². The number of nitrogens with zero attached hydrogens (tertiary/aromatic N) is 1. The van der Waals surface area contributed by atoms with Crippen LogP contribution < -0.4 is 0 Å². The Morgan fingerprint density at radius 1 is 0.821 bits per heavy atom. The largest absolute Gasteiger partial charge is 0.427 e. The number of hydrogen-bond donors (Lipinski definition) is 0. The first-order valence-electron chi connectivity index (χ1n) is 11.1. The zero-order chi connectivity index (χ0) is 21.6. The molecule has 0 fully saturated rings. The predicted octanol–water partition coefficient (Wildman–Crippen LogP) is 6.91. The number of halogens is 3. The van der Waals surface area contributed by atoms with Crippen LogP contribution in [0.2, 0.25) is 6.04 Å². The Kier molecular flexibility index (Phi) is 14.7. The number of rotatable bonds is 17. The summed E-state index contributed by atoms with van der Waals surface area (Å²) in [4.78, 5) is 0. The summed E-state index contributed by atoms with van der Waals surface area (Å²) in [6.45, 7) is 10.2. The van der Waals surface area contributed by atoms with Crippen LogP contribution in [-0.4, -0.2) is 46.8 Å². The van der Waals surface area contributed by atoms with Gasteiger partial charge in [0, 0.05) is 26.7 Å². The minimum absolute atomic E-state index is 0.0715. The van der Waals surface area contributed by atoms with Crippen LogP contribution >= 0.6 is 0 Å². The van der Waals surface area contributed by atoms with Crippen LogP contribution in [0.1, 0.15) is 85.5 Å². The van der Waals surface area contributed by atoms with Gasteiger partial charge < -0.3 is 8.85 Å². The lowest BCUT2D eigenvalue weighted by Gasteiger charge is -2.41. The van der Waals surface area contributed by atoms with Crippen LogP contribution in [0.5, 0.6) is 0 Å². The highest BCUT2D eigenvalue weighted by atomic mass is 28.4. The molecule has 28 heavy (non-hydrogen) atoms. The lowest BCUT2D eigenvalue weighted by atomic mass is 9.97. The Bertz CT molecular complexity index is 361. The number of alkyl halides is 3. The molecule has 0 aliphatic rings. The molecular weight excluding hydrogens is 383 g/mol. The SMILES string of the molecule is CCCCC(CC)CN(CC(CC)CCCC)[Si](CCC(F)(F)F)(OC)OC. The van der Waals surface area contributed by atoms with E-state index in [4.69, 9.17) is 8.85 Å². The van der Waals surface area contributed by atoms with Gasteiger partial charge in [-0.1, -0.05) is 66.2 Å². The van der Waals surface area contributed by atoms with Crippen LogP contribution in [0.3, 0.4) is 0 Å². The third-order valence-electron chi connectivity index (χ3n) is 5.89. The van der Waals surface area contributed by atoms with E-state index >= 15 is 0 Å². The first kappa shape index (κ1) is 27.9. The van der Waals surface area contributed by atoms with Crippen molar-refractivity contribution in [3.05, 3.63) is 0 Å². The molecule has 3 nitrogen and oxygen atoms in total. The molecule has 0 aromatic carbocycles. The van der Waals surface area contributed by atoms with Gasteiger partial charge in [0.1, 0.15) is 0 Å². The van der Waals surface area contributed by atoms with Crippen LogP contribution in [0.15, 0.2) is 0 Å². The predicted molar refractivity (Wildman–Crippen MR) is 113 cm³/mol. The van der Waals surface area contributed by atoms with Gasteiger partial charge in [-0.05, 0) is 37.8 Å². The summed E-state index contributed by atoms with van der Waals surface area (Å²) in [6.07, 6.45) is 3.78. The summed E-state index contributed by atoms with van der Waals surface area (Å²) < 4.78 is 52.8. The lowest BCUT2D eigenvalue weighted by Crippen LogP contribution is -2.60. The third kappa shape index (κ3) is 10.6. The van der Waals surface area contributed by atoms with Crippen molar-refractivity contribution in [3.63, 3.8) is 0 Å². The molecule has 0 heterocycles. The summed E-state index contributed by atoms with van der Waals surface area (Å²) in [6, 6.07) is -0.0715. The third-order valence-corrected chi connectivity index (χ3v) is 9.37. The molecule has 0 bridgehead atoms. The normalized spacial score (nSPS) is 15.2. The van der Waals surface area contributed by atoms with Crippen molar-refractivity contribution in [1.82, 2.24) is 4.57 Å². The molecule has 2 unspecified atom stereocenters. The summed E-state index contributed by atoms with van der Waals surface area (Å²) in [5.41, 5.74) is 0. The number of hydrogen-bond acceptors (Lipinski definition) is 3. The van der Waals surface area contributed by atoms with Gasteiger partial charge >= 0.3 is 14.9 Å². The van der Waals surface area contributed by atoms with Crippen molar-refractivity contribution in [2.24, 2.45) is 11.8 Å². The van der Waals surface area contributed by atoms with Gasteiger partial charge in [0.05, 0.1) is 0 Å². The molecule has 0 aliphatic heterocycles. The van der Waals surface area contributed by atoms with Crippen molar-refractivity contribution in [1.29, 1.82) is 0 Å². The van der Waals surface area contributed by atoms with Crippen LogP contribution in [0, 0.1) is 11.8 Å². The summed E-state index contributed by atoms with van der Waals surface area (Å²) in [5.74, 6) is 0.929. The van der Waals surface area contributed by atoms with Gasteiger partial charge in [-0.3, -0.25) is 4.57 Å². The Hall–Kier alpha value is -0.113. The molecule has 2 atom stereocenters. The van der Waals surface area contributed by atoms with E-state index < -0.39 is 21.3 Å². The van der Waals surface area contributed by atoms with E-state index in [2.05, 4.69) is 32.3 Å². The zero-order valence-electron chi connectivity index (χ0n) is 19.0. The molecule has 0 rings (SSSR count). The molecule has 0 saturated carbocycles.